The van der Waals surface area contributed by atoms with Crippen molar-refractivity contribution in [3.63, 3.8) is 0 Å². The molecule has 0 spiro atoms. The number of aromatic nitrogens is 1. The van der Waals surface area contributed by atoms with Crippen molar-refractivity contribution in [2.24, 2.45) is 0 Å². The molecule has 1 aromatic heterocycles. The number of nitrogens with one attached hydrogen (secondary N) is 1. The van der Waals surface area contributed by atoms with E-state index in [0.29, 0.717) is 5.92 Å². The van der Waals surface area contributed by atoms with E-state index in [9.17, 15) is 0 Å². The molecule has 0 aliphatic carbocycles. The summed E-state index contributed by atoms with van der Waals surface area (Å²) in [5.41, 5.74) is 1.19. The molecule has 1 N–H and O–H groups in total. The molecule has 3 heteroatoms. The van der Waals surface area contributed by atoms with Crippen molar-refractivity contribution in [3.8, 4) is 0 Å². The molecule has 2 rings (SSSR count). The number of rotatable bonds is 1. The number of halogens is 1. The zero-order valence-electron chi connectivity index (χ0n) is 7.46. The molecule has 0 radical (unpaired) electrons. The van der Waals surface area contributed by atoms with Gasteiger partial charge in [0, 0.05) is 24.0 Å². The van der Waals surface area contributed by atoms with Gasteiger partial charge in [-0.05, 0) is 36.9 Å². The van der Waals surface area contributed by atoms with Crippen LogP contribution < -0.4 is 5.32 Å². The van der Waals surface area contributed by atoms with Crippen molar-refractivity contribution in [2.45, 2.75) is 18.8 Å². The molecule has 0 bridgehead atoms. The first-order chi connectivity index (χ1) is 6.38. The third kappa shape index (κ3) is 2.01. The predicted octanol–water partition coefficient (Wildman–Crippen LogP) is 2.20. The van der Waals surface area contributed by atoms with Gasteiger partial charge in [-0.25, -0.2) is 0 Å². The minimum absolute atomic E-state index is 0.551. The van der Waals surface area contributed by atoms with E-state index < -0.39 is 0 Å². The fourth-order valence-corrected chi connectivity index (χ4v) is 2.07. The van der Waals surface area contributed by atoms with Gasteiger partial charge in [-0.3, -0.25) is 4.98 Å². The van der Waals surface area contributed by atoms with Crippen LogP contribution in [0.5, 0.6) is 0 Å². The molecule has 2 nitrogen and oxygen atoms in total. The number of piperidine rings is 1. The second-order valence-electron chi connectivity index (χ2n) is 3.44. The highest BCUT2D eigenvalue weighted by molar-refractivity contribution is 6.31. The lowest BCUT2D eigenvalue weighted by Gasteiger charge is -2.23. The van der Waals surface area contributed by atoms with Gasteiger partial charge in [0.1, 0.15) is 0 Å². The van der Waals surface area contributed by atoms with Gasteiger partial charge >= 0.3 is 0 Å². The molecule has 1 aliphatic rings. The van der Waals surface area contributed by atoms with Gasteiger partial charge in [0.25, 0.3) is 0 Å². The molecule has 0 amide bonds. The van der Waals surface area contributed by atoms with Gasteiger partial charge < -0.3 is 5.32 Å². The van der Waals surface area contributed by atoms with Crippen LogP contribution in [0.1, 0.15) is 24.3 Å². The number of nitrogens with zero attached hydrogens (tertiary/aromatic N) is 1. The summed E-state index contributed by atoms with van der Waals surface area (Å²) in [6.45, 7) is 2.17. The first-order valence-electron chi connectivity index (χ1n) is 4.68. The third-order valence-electron chi connectivity index (χ3n) is 2.53. The minimum Gasteiger partial charge on any atom is -0.316 e. The van der Waals surface area contributed by atoms with Crippen LogP contribution in [0.25, 0.3) is 0 Å². The van der Waals surface area contributed by atoms with Crippen LogP contribution in [0.2, 0.25) is 5.02 Å². The van der Waals surface area contributed by atoms with Crippen molar-refractivity contribution in [2.75, 3.05) is 13.1 Å². The Morgan fingerprint density at radius 3 is 3.15 bits per heavy atom. The Kier molecular flexibility index (Phi) is 2.81. The van der Waals surface area contributed by atoms with Crippen molar-refractivity contribution < 1.29 is 0 Å². The van der Waals surface area contributed by atoms with Crippen LogP contribution in [-0.4, -0.2) is 18.1 Å². The summed E-state index contributed by atoms with van der Waals surface area (Å²) in [4.78, 5) is 4.11. The average molecular weight is 197 g/mol. The van der Waals surface area contributed by atoms with E-state index in [-0.39, 0.29) is 0 Å². The fourth-order valence-electron chi connectivity index (χ4n) is 1.81. The summed E-state index contributed by atoms with van der Waals surface area (Å²) in [5, 5.41) is 4.22. The summed E-state index contributed by atoms with van der Waals surface area (Å²) in [5.74, 6) is 0.551. The number of hydrogen-bond acceptors (Lipinski definition) is 2. The zero-order valence-corrected chi connectivity index (χ0v) is 8.22. The van der Waals surface area contributed by atoms with Crippen molar-refractivity contribution >= 4 is 11.6 Å². The molecule has 0 saturated carbocycles. The molecule has 13 heavy (non-hydrogen) atoms. The van der Waals surface area contributed by atoms with E-state index in [1.54, 1.807) is 6.20 Å². The van der Waals surface area contributed by atoms with E-state index in [1.807, 2.05) is 12.3 Å². The van der Waals surface area contributed by atoms with Crippen LogP contribution in [0, 0.1) is 0 Å². The second kappa shape index (κ2) is 4.07. The van der Waals surface area contributed by atoms with Crippen LogP contribution in [-0.2, 0) is 0 Å². The topological polar surface area (TPSA) is 24.9 Å². The van der Waals surface area contributed by atoms with Gasteiger partial charge in [-0.15, -0.1) is 0 Å². The zero-order chi connectivity index (χ0) is 9.10. The van der Waals surface area contributed by atoms with E-state index in [1.165, 1.54) is 18.4 Å². The Balaban J connectivity index is 2.18. The first kappa shape index (κ1) is 8.97. The largest absolute Gasteiger partial charge is 0.316 e. The summed E-state index contributed by atoms with van der Waals surface area (Å²) in [6.07, 6.45) is 6.08. The van der Waals surface area contributed by atoms with Gasteiger partial charge in [0.2, 0.25) is 0 Å². The lowest BCUT2D eigenvalue weighted by molar-refractivity contribution is 0.461. The molecule has 1 fully saturated rings. The number of pyridine rings is 1. The van der Waals surface area contributed by atoms with Crippen LogP contribution in [0.4, 0.5) is 0 Å². The lowest BCUT2D eigenvalue weighted by atomic mass is 9.93. The van der Waals surface area contributed by atoms with Gasteiger partial charge in [-0.1, -0.05) is 11.6 Å². The molecule has 1 aliphatic heterocycles. The Labute approximate surface area is 83.3 Å². The van der Waals surface area contributed by atoms with Gasteiger partial charge in [-0.2, -0.15) is 0 Å². The second-order valence-corrected chi connectivity index (χ2v) is 3.85. The fraction of sp³-hybridized carbons (Fsp3) is 0.500. The van der Waals surface area contributed by atoms with Crippen molar-refractivity contribution in [3.05, 3.63) is 29.0 Å². The molecular weight excluding hydrogens is 184 g/mol. The first-order valence-corrected chi connectivity index (χ1v) is 5.06. The third-order valence-corrected chi connectivity index (χ3v) is 2.88. The van der Waals surface area contributed by atoms with Gasteiger partial charge in [0.05, 0.1) is 0 Å². The highest BCUT2D eigenvalue weighted by atomic mass is 35.5. The van der Waals surface area contributed by atoms with Crippen LogP contribution in [0.15, 0.2) is 18.5 Å². The van der Waals surface area contributed by atoms with Gasteiger partial charge in [0.15, 0.2) is 0 Å². The summed E-state index contributed by atoms with van der Waals surface area (Å²) in [6, 6.07) is 1.87. The van der Waals surface area contributed by atoms with E-state index in [0.717, 1.165) is 18.1 Å². The molecule has 1 unspecified atom stereocenters. The highest BCUT2D eigenvalue weighted by Gasteiger charge is 2.17. The predicted molar refractivity (Wildman–Crippen MR) is 54.1 cm³/mol. The smallest absolute Gasteiger partial charge is 0.0471 e. The van der Waals surface area contributed by atoms with E-state index in [2.05, 4.69) is 10.3 Å². The number of hydrogen-bond donors (Lipinski definition) is 1. The molecule has 2 heterocycles. The lowest BCUT2D eigenvalue weighted by Crippen LogP contribution is -2.28. The minimum atomic E-state index is 0.551. The SMILES string of the molecule is Clc1ccncc1C1CCCNC1. The molecule has 1 aromatic rings. The summed E-state index contributed by atoms with van der Waals surface area (Å²) in [7, 11) is 0. The van der Waals surface area contributed by atoms with Crippen molar-refractivity contribution in [1.29, 1.82) is 0 Å². The molecule has 1 atom stereocenters. The molecular formula is C10H13ClN2. The molecule has 0 aromatic carbocycles. The van der Waals surface area contributed by atoms with E-state index in [4.69, 9.17) is 11.6 Å². The van der Waals surface area contributed by atoms with Crippen molar-refractivity contribution in [1.82, 2.24) is 10.3 Å². The Hall–Kier alpha value is -0.600. The monoisotopic (exact) mass is 196 g/mol. The Morgan fingerprint density at radius 1 is 1.54 bits per heavy atom. The quantitative estimate of drug-likeness (QED) is 0.745. The Bertz CT molecular complexity index is 282. The maximum absolute atomic E-state index is 6.09. The van der Waals surface area contributed by atoms with E-state index >= 15 is 0 Å². The van der Waals surface area contributed by atoms with Crippen LogP contribution >= 0.6 is 11.6 Å². The summed E-state index contributed by atoms with van der Waals surface area (Å²) >= 11 is 6.09. The molecule has 1 saturated heterocycles. The highest BCUT2D eigenvalue weighted by Crippen LogP contribution is 2.27. The maximum Gasteiger partial charge on any atom is 0.0471 e. The summed E-state index contributed by atoms with van der Waals surface area (Å²) < 4.78 is 0. The standard InChI is InChI=1S/C10H13ClN2/c11-10-3-5-13-7-9(10)8-2-1-4-12-6-8/h3,5,7-8,12H,1-2,4,6H2. The molecule has 70 valence electrons. The average Bonchev–Trinajstić information content (AvgIpc) is 2.20. The Morgan fingerprint density at radius 2 is 2.46 bits per heavy atom. The van der Waals surface area contributed by atoms with Crippen LogP contribution in [0.3, 0.4) is 0 Å². The maximum atomic E-state index is 6.09. The normalized spacial score (nSPS) is 23.0.